The Bertz CT molecular complexity index is 1180. The number of hydrogen-bond acceptors (Lipinski definition) is 4. The highest BCUT2D eigenvalue weighted by Gasteiger charge is 2.44. The number of amides is 2. The Hall–Kier alpha value is -2.93. The minimum Gasteiger partial charge on any atom is -0.428 e. The van der Waals surface area contributed by atoms with Gasteiger partial charge in [-0.25, -0.2) is 4.79 Å². The topological polar surface area (TPSA) is 83.5 Å². The lowest BCUT2D eigenvalue weighted by molar-refractivity contribution is -0.253. The number of nitrogens with zero attached hydrogens (tertiary/aromatic N) is 1. The molecule has 2 aromatic carbocycles. The van der Waals surface area contributed by atoms with E-state index in [1.807, 2.05) is 36.4 Å². The van der Waals surface area contributed by atoms with Gasteiger partial charge in [0.25, 0.3) is 0 Å². The van der Waals surface area contributed by atoms with E-state index >= 15 is 0 Å². The molecular formula is C27H28F4IN3O3. The number of halogens is 5. The van der Waals surface area contributed by atoms with Gasteiger partial charge in [-0.1, -0.05) is 78.0 Å². The van der Waals surface area contributed by atoms with Crippen molar-refractivity contribution >= 4 is 28.6 Å². The first-order chi connectivity index (χ1) is 18.1. The first-order valence-corrected chi connectivity index (χ1v) is 13.4. The van der Waals surface area contributed by atoms with Gasteiger partial charge in [-0.2, -0.15) is 17.6 Å². The van der Waals surface area contributed by atoms with Crippen molar-refractivity contribution < 1.29 is 32.2 Å². The molecule has 0 aliphatic carbocycles. The summed E-state index contributed by atoms with van der Waals surface area (Å²) < 4.78 is 58.3. The highest BCUT2D eigenvalue weighted by Crippen LogP contribution is 2.36. The fourth-order valence-corrected chi connectivity index (χ4v) is 4.35. The zero-order valence-corrected chi connectivity index (χ0v) is 22.7. The minimum atomic E-state index is -4.71. The number of hydrogen-bond donors (Lipinski definition) is 3. The summed E-state index contributed by atoms with van der Waals surface area (Å²) in [5.74, 6) is -0.502. The van der Waals surface area contributed by atoms with Crippen molar-refractivity contribution in [2.75, 3.05) is 6.61 Å². The van der Waals surface area contributed by atoms with E-state index in [4.69, 9.17) is 0 Å². The Labute approximate surface area is 232 Å². The van der Waals surface area contributed by atoms with Gasteiger partial charge in [-0.3, -0.25) is 4.98 Å². The van der Waals surface area contributed by atoms with Gasteiger partial charge >= 0.3 is 18.6 Å². The van der Waals surface area contributed by atoms with Crippen LogP contribution in [0.25, 0.3) is 0 Å². The molecule has 0 spiro atoms. The fraction of sp³-hybridized carbons (Fsp3) is 0.333. The molecule has 204 valence electrons. The number of aromatic nitrogens is 1. The highest BCUT2D eigenvalue weighted by atomic mass is 127. The summed E-state index contributed by atoms with van der Waals surface area (Å²) in [6.07, 6.45) is -6.49. The molecule has 6 nitrogen and oxygen atoms in total. The summed E-state index contributed by atoms with van der Waals surface area (Å²) in [7, 11) is 0. The van der Waals surface area contributed by atoms with Crippen molar-refractivity contribution in [2.24, 2.45) is 0 Å². The monoisotopic (exact) mass is 645 g/mol. The van der Waals surface area contributed by atoms with E-state index in [-0.39, 0.29) is 18.6 Å². The maximum Gasteiger partial charge on any atom is 0.461 e. The average Bonchev–Trinajstić information content (AvgIpc) is 2.91. The molecule has 1 aromatic heterocycles. The van der Waals surface area contributed by atoms with Gasteiger partial charge in [0.05, 0.1) is 18.3 Å². The van der Waals surface area contributed by atoms with Crippen LogP contribution >= 0.6 is 22.6 Å². The molecule has 3 aromatic rings. The van der Waals surface area contributed by atoms with Crippen LogP contribution < -0.4 is 15.4 Å². The zero-order chi connectivity index (χ0) is 27.8. The van der Waals surface area contributed by atoms with Gasteiger partial charge < -0.3 is 20.5 Å². The van der Waals surface area contributed by atoms with E-state index in [0.29, 0.717) is 16.5 Å². The molecule has 38 heavy (non-hydrogen) atoms. The number of ether oxygens (including phenoxy) is 1. The first kappa shape index (κ1) is 29.6. The van der Waals surface area contributed by atoms with Crippen LogP contribution in [-0.2, 0) is 16.4 Å². The lowest BCUT2D eigenvalue weighted by Crippen LogP contribution is -2.54. The fourth-order valence-electron chi connectivity index (χ4n) is 3.90. The number of urea groups is 1. The SMILES string of the molecule is CC[C@H](CO)NC(=O)N[C@@](Cc1ccccc1)(c1cccc(OC(F)(F)C(F)F)c1)c1ccc(CI)cn1. The van der Waals surface area contributed by atoms with Gasteiger partial charge in [-0.05, 0) is 41.3 Å². The van der Waals surface area contributed by atoms with E-state index in [1.54, 1.807) is 25.3 Å². The molecule has 2 atom stereocenters. The van der Waals surface area contributed by atoms with E-state index in [0.717, 1.165) is 17.2 Å². The predicted octanol–water partition coefficient (Wildman–Crippen LogP) is 5.81. The smallest absolute Gasteiger partial charge is 0.428 e. The third kappa shape index (κ3) is 7.34. The summed E-state index contributed by atoms with van der Waals surface area (Å²) in [5.41, 5.74) is 0.951. The number of aliphatic hydroxyl groups is 1. The number of aliphatic hydroxyl groups excluding tert-OH is 1. The maximum atomic E-state index is 13.8. The lowest BCUT2D eigenvalue weighted by atomic mass is 9.80. The zero-order valence-electron chi connectivity index (χ0n) is 20.5. The maximum absolute atomic E-state index is 13.8. The molecule has 3 rings (SSSR count). The summed E-state index contributed by atoms with van der Waals surface area (Å²) in [4.78, 5) is 17.8. The normalized spacial score (nSPS) is 14.0. The van der Waals surface area contributed by atoms with Crippen molar-refractivity contribution in [2.45, 2.75) is 48.3 Å². The Kier molecular flexibility index (Phi) is 10.3. The van der Waals surface area contributed by atoms with Crippen LogP contribution in [0.2, 0.25) is 0 Å². The Morgan fingerprint density at radius 2 is 1.82 bits per heavy atom. The van der Waals surface area contributed by atoms with Crippen molar-refractivity contribution in [1.29, 1.82) is 0 Å². The molecule has 11 heteroatoms. The van der Waals surface area contributed by atoms with Crippen LogP contribution in [0.4, 0.5) is 22.4 Å². The first-order valence-electron chi connectivity index (χ1n) is 11.8. The van der Waals surface area contributed by atoms with Crippen LogP contribution in [0.3, 0.4) is 0 Å². The van der Waals surface area contributed by atoms with E-state index in [9.17, 15) is 27.5 Å². The Morgan fingerprint density at radius 3 is 2.39 bits per heavy atom. The van der Waals surface area contributed by atoms with E-state index in [2.05, 4.69) is 42.9 Å². The predicted molar refractivity (Wildman–Crippen MR) is 144 cm³/mol. The van der Waals surface area contributed by atoms with Gasteiger partial charge in [0.2, 0.25) is 0 Å². The number of alkyl halides is 5. The standard InChI is InChI=1S/C27H28F4IN3O3/c1-2-21(17-36)34-25(37)35-26(14-18-7-4-3-5-8-18,23-12-11-19(15-32)16-33-23)20-9-6-10-22(13-20)38-27(30,31)24(28)29/h3-13,16,21,24,36H,2,14-15,17H2,1H3,(H2,34,35,37)/t21-,26+/m1/s1. The second-order valence-electron chi connectivity index (χ2n) is 8.63. The molecule has 0 bridgehead atoms. The number of pyridine rings is 1. The van der Waals surface area contributed by atoms with E-state index in [1.165, 1.54) is 12.1 Å². The largest absolute Gasteiger partial charge is 0.461 e. The van der Waals surface area contributed by atoms with Crippen molar-refractivity contribution in [3.05, 3.63) is 95.3 Å². The van der Waals surface area contributed by atoms with E-state index < -0.39 is 35.9 Å². The average molecular weight is 645 g/mol. The van der Waals surface area contributed by atoms with Gasteiger partial charge in [0, 0.05) is 17.0 Å². The van der Waals surface area contributed by atoms with Crippen LogP contribution in [0.5, 0.6) is 5.75 Å². The number of benzene rings is 2. The van der Waals surface area contributed by atoms with Gasteiger partial charge in [0.1, 0.15) is 11.3 Å². The molecular weight excluding hydrogens is 617 g/mol. The summed E-state index contributed by atoms with van der Waals surface area (Å²) in [6.45, 7) is 1.51. The second-order valence-corrected chi connectivity index (χ2v) is 9.39. The number of rotatable bonds is 12. The number of nitrogens with one attached hydrogen (secondary N) is 2. The molecule has 0 fully saturated rings. The van der Waals surface area contributed by atoms with Crippen molar-refractivity contribution in [3.8, 4) is 5.75 Å². The highest BCUT2D eigenvalue weighted by molar-refractivity contribution is 14.1. The molecule has 2 amide bonds. The number of carbonyl (C=O) groups excluding carboxylic acids is 1. The quantitative estimate of drug-likeness (QED) is 0.132. The molecule has 0 saturated carbocycles. The summed E-state index contributed by atoms with van der Waals surface area (Å²) >= 11 is 2.19. The van der Waals surface area contributed by atoms with Gasteiger partial charge in [-0.15, -0.1) is 0 Å². The van der Waals surface area contributed by atoms with Crippen molar-refractivity contribution in [1.82, 2.24) is 15.6 Å². The Balaban J connectivity index is 2.19. The third-order valence-corrected chi connectivity index (χ3v) is 6.82. The second kappa shape index (κ2) is 13.2. The molecule has 3 N–H and O–H groups in total. The molecule has 0 saturated heterocycles. The molecule has 0 radical (unpaired) electrons. The molecule has 0 aliphatic heterocycles. The summed E-state index contributed by atoms with van der Waals surface area (Å²) in [6, 6.07) is 16.8. The number of carbonyl (C=O) groups is 1. The lowest BCUT2D eigenvalue weighted by Gasteiger charge is -2.36. The molecule has 0 unspecified atom stereocenters. The third-order valence-electron chi connectivity index (χ3n) is 5.94. The minimum absolute atomic E-state index is 0.141. The van der Waals surface area contributed by atoms with Crippen LogP contribution in [0.15, 0.2) is 72.9 Å². The summed E-state index contributed by atoms with van der Waals surface area (Å²) in [5, 5.41) is 15.2. The van der Waals surface area contributed by atoms with Crippen LogP contribution in [0.1, 0.15) is 35.7 Å². The van der Waals surface area contributed by atoms with Gasteiger partial charge in [0.15, 0.2) is 0 Å². The van der Waals surface area contributed by atoms with Crippen LogP contribution in [-0.4, -0.2) is 41.3 Å². The van der Waals surface area contributed by atoms with Crippen LogP contribution in [0, 0.1) is 0 Å². The Morgan fingerprint density at radius 1 is 1.08 bits per heavy atom. The van der Waals surface area contributed by atoms with Crippen molar-refractivity contribution in [3.63, 3.8) is 0 Å². The molecule has 1 heterocycles. The molecule has 0 aliphatic rings.